The predicted octanol–water partition coefficient (Wildman–Crippen LogP) is 10.6. The van der Waals surface area contributed by atoms with Gasteiger partial charge in [-0.2, -0.15) is 0 Å². The number of para-hydroxylation sites is 1. The Kier molecular flexibility index (Phi) is 10.5. The summed E-state index contributed by atoms with van der Waals surface area (Å²) in [6, 6.07) is 30.0. The number of ether oxygens (including phenoxy) is 1. The van der Waals surface area contributed by atoms with Gasteiger partial charge in [0.15, 0.2) is 5.75 Å². The number of benzene rings is 6. The Hall–Kier alpha value is -6.23. The summed E-state index contributed by atoms with van der Waals surface area (Å²) in [7, 11) is 1.45. The summed E-state index contributed by atoms with van der Waals surface area (Å²) >= 11 is 12.2. The molecule has 4 N–H and O–H groups in total. The molecule has 0 aromatic heterocycles. The van der Waals surface area contributed by atoms with Crippen molar-refractivity contribution in [3.05, 3.63) is 147 Å². The molecule has 0 bridgehead atoms. The van der Waals surface area contributed by atoms with Crippen molar-refractivity contribution >= 4 is 80.1 Å². The molecule has 0 aliphatic heterocycles. The standard InChI is InChI=1S/C40H31Cl2N5O5/c1-22-17-27(41)11-14-32(22)44-39(50)24-9-13-30-26(19-24)20-31(40(51)45-33-15-12-28(42)18-23(33)2)37(48)36(30)47-46-34-21-25(10-16-35(34)52-3)38(49)43-29-7-5-4-6-8-29/h4-21,48H,1-3H3,(H,43,49)(H,44,50)(H,45,51)/b47-46+. The van der Waals surface area contributed by atoms with Crippen molar-refractivity contribution in [2.24, 2.45) is 10.2 Å². The van der Waals surface area contributed by atoms with Gasteiger partial charge in [-0.15, -0.1) is 10.2 Å². The number of methoxy groups -OCH3 is 1. The summed E-state index contributed by atoms with van der Waals surface area (Å²) in [5, 5.41) is 30.7. The van der Waals surface area contributed by atoms with Gasteiger partial charge < -0.3 is 25.8 Å². The fourth-order valence-electron chi connectivity index (χ4n) is 5.45. The minimum atomic E-state index is -0.634. The number of phenolic OH excluding ortho intramolecular Hbond substituents is 1. The number of anilines is 3. The van der Waals surface area contributed by atoms with E-state index in [-0.39, 0.29) is 34.0 Å². The van der Waals surface area contributed by atoms with Gasteiger partial charge in [0, 0.05) is 43.6 Å². The molecule has 0 aliphatic carbocycles. The lowest BCUT2D eigenvalue weighted by atomic mass is 10.00. The number of aryl methyl sites for hydroxylation is 2. The Morgan fingerprint density at radius 1 is 0.654 bits per heavy atom. The molecule has 0 heterocycles. The lowest BCUT2D eigenvalue weighted by molar-refractivity contribution is 0.101. The van der Waals surface area contributed by atoms with Crippen LogP contribution in [0, 0.1) is 13.8 Å². The Morgan fingerprint density at radius 3 is 1.88 bits per heavy atom. The minimum Gasteiger partial charge on any atom is -0.505 e. The summed E-state index contributed by atoms with van der Waals surface area (Å²) in [5.74, 6) is -1.56. The van der Waals surface area contributed by atoms with E-state index < -0.39 is 17.6 Å². The first kappa shape index (κ1) is 35.6. The van der Waals surface area contributed by atoms with Crippen LogP contribution in [0.5, 0.6) is 11.5 Å². The van der Waals surface area contributed by atoms with Crippen LogP contribution in [0.25, 0.3) is 10.8 Å². The number of nitrogens with one attached hydrogen (secondary N) is 3. The Morgan fingerprint density at radius 2 is 1.25 bits per heavy atom. The largest absolute Gasteiger partial charge is 0.505 e. The Balaban J connectivity index is 1.41. The molecule has 0 spiro atoms. The topological polar surface area (TPSA) is 141 Å². The highest BCUT2D eigenvalue weighted by Gasteiger charge is 2.21. The van der Waals surface area contributed by atoms with Crippen molar-refractivity contribution < 1.29 is 24.2 Å². The van der Waals surface area contributed by atoms with Crippen LogP contribution in [0.4, 0.5) is 28.4 Å². The van der Waals surface area contributed by atoms with Crippen LogP contribution in [0.1, 0.15) is 42.2 Å². The number of rotatable bonds is 9. The Bertz CT molecular complexity index is 2400. The molecule has 0 fully saturated rings. The normalized spacial score (nSPS) is 11.0. The Labute approximate surface area is 309 Å². The number of hydrogen-bond acceptors (Lipinski definition) is 7. The van der Waals surface area contributed by atoms with Crippen molar-refractivity contribution in [3.63, 3.8) is 0 Å². The molecule has 0 aliphatic rings. The second-order valence-electron chi connectivity index (χ2n) is 11.8. The van der Waals surface area contributed by atoms with E-state index in [4.69, 9.17) is 27.9 Å². The highest BCUT2D eigenvalue weighted by atomic mass is 35.5. The van der Waals surface area contributed by atoms with Gasteiger partial charge >= 0.3 is 0 Å². The molecule has 0 unspecified atom stereocenters. The zero-order valence-electron chi connectivity index (χ0n) is 28.1. The lowest BCUT2D eigenvalue weighted by Crippen LogP contribution is -2.14. The van der Waals surface area contributed by atoms with Gasteiger partial charge in [0.25, 0.3) is 17.7 Å². The van der Waals surface area contributed by atoms with Crippen LogP contribution in [-0.2, 0) is 0 Å². The van der Waals surface area contributed by atoms with Gasteiger partial charge in [-0.05, 0) is 115 Å². The number of halogens is 2. The van der Waals surface area contributed by atoms with Gasteiger partial charge in [0.05, 0.1) is 12.7 Å². The maximum Gasteiger partial charge on any atom is 0.259 e. The molecule has 0 saturated carbocycles. The maximum absolute atomic E-state index is 13.7. The van der Waals surface area contributed by atoms with E-state index >= 15 is 0 Å². The van der Waals surface area contributed by atoms with Gasteiger partial charge in [0.1, 0.15) is 17.1 Å². The average Bonchev–Trinajstić information content (AvgIpc) is 3.13. The molecule has 0 radical (unpaired) electrons. The number of hydrogen-bond donors (Lipinski definition) is 4. The first-order valence-corrected chi connectivity index (χ1v) is 16.7. The molecule has 6 aromatic carbocycles. The summed E-state index contributed by atoms with van der Waals surface area (Å²) < 4.78 is 5.48. The average molecular weight is 733 g/mol. The number of carbonyl (C=O) groups excluding carboxylic acids is 3. The number of amides is 3. The molecule has 3 amide bonds. The van der Waals surface area contributed by atoms with Crippen LogP contribution in [-0.4, -0.2) is 29.9 Å². The number of azo groups is 1. The number of phenols is 1. The monoisotopic (exact) mass is 731 g/mol. The third kappa shape index (κ3) is 7.88. The van der Waals surface area contributed by atoms with Gasteiger partial charge in [0.2, 0.25) is 0 Å². The van der Waals surface area contributed by atoms with E-state index in [0.717, 1.165) is 5.56 Å². The molecule has 0 saturated heterocycles. The van der Waals surface area contributed by atoms with Crippen LogP contribution in [0.2, 0.25) is 10.0 Å². The van der Waals surface area contributed by atoms with Crippen LogP contribution in [0.15, 0.2) is 119 Å². The highest BCUT2D eigenvalue weighted by Crippen LogP contribution is 2.41. The maximum atomic E-state index is 13.7. The van der Waals surface area contributed by atoms with E-state index in [1.165, 1.54) is 19.2 Å². The fourth-order valence-corrected chi connectivity index (χ4v) is 5.90. The smallest absolute Gasteiger partial charge is 0.259 e. The molecule has 12 heteroatoms. The third-order valence-electron chi connectivity index (χ3n) is 8.20. The first-order valence-electron chi connectivity index (χ1n) is 15.9. The van der Waals surface area contributed by atoms with E-state index in [2.05, 4.69) is 26.2 Å². The SMILES string of the molecule is COc1ccc(C(=O)Nc2ccccc2)cc1/N=N/c1c(O)c(C(=O)Nc2ccc(Cl)cc2C)cc2cc(C(=O)Nc3ccc(Cl)cc3C)ccc12. The fraction of sp³-hybridized carbons (Fsp3) is 0.0750. The molecular weight excluding hydrogens is 701 g/mol. The quantitative estimate of drug-likeness (QED) is 0.110. The molecule has 0 atom stereocenters. The molecular formula is C40H31Cl2N5O5. The molecule has 10 nitrogen and oxygen atoms in total. The van der Waals surface area contributed by atoms with E-state index in [0.29, 0.717) is 49.2 Å². The van der Waals surface area contributed by atoms with Crippen molar-refractivity contribution in [1.29, 1.82) is 0 Å². The predicted molar refractivity (Wildman–Crippen MR) is 205 cm³/mol. The summed E-state index contributed by atoms with van der Waals surface area (Å²) in [5.41, 5.74) is 3.77. The zero-order chi connectivity index (χ0) is 36.9. The third-order valence-corrected chi connectivity index (χ3v) is 8.67. The van der Waals surface area contributed by atoms with Crippen molar-refractivity contribution in [2.75, 3.05) is 23.1 Å². The van der Waals surface area contributed by atoms with Crippen molar-refractivity contribution in [1.82, 2.24) is 0 Å². The van der Waals surface area contributed by atoms with Crippen LogP contribution < -0.4 is 20.7 Å². The van der Waals surface area contributed by atoms with Crippen LogP contribution in [0.3, 0.4) is 0 Å². The van der Waals surface area contributed by atoms with Crippen molar-refractivity contribution in [2.45, 2.75) is 13.8 Å². The van der Waals surface area contributed by atoms with E-state index in [1.807, 2.05) is 13.0 Å². The van der Waals surface area contributed by atoms with Crippen LogP contribution >= 0.6 is 23.2 Å². The van der Waals surface area contributed by atoms with Gasteiger partial charge in [-0.3, -0.25) is 14.4 Å². The van der Waals surface area contributed by atoms with Crippen molar-refractivity contribution in [3.8, 4) is 11.5 Å². The van der Waals surface area contributed by atoms with Gasteiger partial charge in [-0.1, -0.05) is 47.5 Å². The number of nitrogens with zero attached hydrogens (tertiary/aromatic N) is 2. The summed E-state index contributed by atoms with van der Waals surface area (Å²) in [4.78, 5) is 40.2. The molecule has 260 valence electrons. The second kappa shape index (κ2) is 15.3. The molecule has 6 aromatic rings. The van der Waals surface area contributed by atoms with Gasteiger partial charge in [-0.25, -0.2) is 0 Å². The lowest BCUT2D eigenvalue weighted by Gasteiger charge is -2.14. The number of carbonyl (C=O) groups is 3. The second-order valence-corrected chi connectivity index (χ2v) is 12.7. The van der Waals surface area contributed by atoms with E-state index in [9.17, 15) is 19.5 Å². The molecule has 6 rings (SSSR count). The minimum absolute atomic E-state index is 0.0443. The number of fused-ring (bicyclic) bond motifs is 1. The number of aromatic hydroxyl groups is 1. The van der Waals surface area contributed by atoms with E-state index in [1.54, 1.807) is 97.9 Å². The summed E-state index contributed by atoms with van der Waals surface area (Å²) in [6.07, 6.45) is 0. The first-order chi connectivity index (χ1) is 25.0. The summed E-state index contributed by atoms with van der Waals surface area (Å²) in [6.45, 7) is 3.62. The molecule has 52 heavy (non-hydrogen) atoms. The zero-order valence-corrected chi connectivity index (χ0v) is 29.6. The highest BCUT2D eigenvalue weighted by molar-refractivity contribution is 6.31.